The number of halogens is 3. The number of likely N-dealkylation sites (tertiary alicyclic amines) is 1. The van der Waals surface area contributed by atoms with E-state index in [1.165, 1.54) is 26.4 Å². The SMILES string of the molecule is COc1cc(OC)cc(C(=O)N2CC(c3nc(-c4cccc(C(F)(F)F)c4)no3)C2)c1. The summed E-state index contributed by atoms with van der Waals surface area (Å²) < 4.78 is 54.4. The summed E-state index contributed by atoms with van der Waals surface area (Å²) in [7, 11) is 3.00. The van der Waals surface area contributed by atoms with Crippen molar-refractivity contribution in [2.75, 3.05) is 27.3 Å². The van der Waals surface area contributed by atoms with Crippen LogP contribution in [0.1, 0.15) is 27.7 Å². The van der Waals surface area contributed by atoms with Crippen LogP contribution >= 0.6 is 0 Å². The van der Waals surface area contributed by atoms with E-state index < -0.39 is 11.7 Å². The Morgan fingerprint density at radius 2 is 1.77 bits per heavy atom. The molecule has 1 aliphatic heterocycles. The molecule has 0 aliphatic carbocycles. The number of aromatic nitrogens is 2. The second kappa shape index (κ2) is 7.93. The van der Waals surface area contributed by atoms with Gasteiger partial charge in [0.2, 0.25) is 11.7 Å². The van der Waals surface area contributed by atoms with Gasteiger partial charge in [-0.3, -0.25) is 4.79 Å². The van der Waals surface area contributed by atoms with Crippen LogP contribution in [-0.4, -0.2) is 48.3 Å². The lowest BCUT2D eigenvalue weighted by Gasteiger charge is -2.37. The van der Waals surface area contributed by atoms with Crippen LogP contribution in [0.2, 0.25) is 0 Å². The second-order valence-electron chi connectivity index (χ2n) is 7.04. The molecule has 1 amide bonds. The summed E-state index contributed by atoms with van der Waals surface area (Å²) in [5.41, 5.74) is -0.157. The standard InChI is InChI=1S/C21H18F3N3O4/c1-29-16-7-13(8-17(9-16)30-2)20(28)27-10-14(11-27)19-25-18(26-31-19)12-4-3-5-15(6-12)21(22,23)24/h3-9,14H,10-11H2,1-2H3. The first-order chi connectivity index (χ1) is 14.8. The van der Waals surface area contributed by atoms with Crippen LogP contribution < -0.4 is 9.47 Å². The number of nitrogens with zero attached hydrogens (tertiary/aromatic N) is 3. The fraction of sp³-hybridized carbons (Fsp3) is 0.286. The van der Waals surface area contributed by atoms with E-state index in [1.807, 2.05) is 0 Å². The highest BCUT2D eigenvalue weighted by molar-refractivity contribution is 5.95. The number of carbonyl (C=O) groups is 1. The number of carbonyl (C=O) groups excluding carboxylic acids is 1. The summed E-state index contributed by atoms with van der Waals surface area (Å²) in [4.78, 5) is 18.6. The van der Waals surface area contributed by atoms with Crippen LogP contribution in [0.4, 0.5) is 13.2 Å². The molecule has 0 radical (unpaired) electrons. The molecule has 0 saturated carbocycles. The quantitative estimate of drug-likeness (QED) is 0.605. The van der Waals surface area contributed by atoms with E-state index in [4.69, 9.17) is 14.0 Å². The molecular formula is C21H18F3N3O4. The lowest BCUT2D eigenvalue weighted by atomic mass is 9.98. The third kappa shape index (κ3) is 4.18. The number of hydrogen-bond donors (Lipinski definition) is 0. The van der Waals surface area contributed by atoms with E-state index in [0.717, 1.165) is 12.1 Å². The van der Waals surface area contributed by atoms with Gasteiger partial charge in [0.05, 0.1) is 25.7 Å². The van der Waals surface area contributed by atoms with Crippen LogP contribution in [-0.2, 0) is 6.18 Å². The van der Waals surface area contributed by atoms with Gasteiger partial charge in [0, 0.05) is 30.3 Å². The Balaban J connectivity index is 1.45. The molecular weight excluding hydrogens is 415 g/mol. The first-order valence-electron chi connectivity index (χ1n) is 9.32. The molecule has 162 valence electrons. The predicted molar refractivity (Wildman–Crippen MR) is 103 cm³/mol. The molecule has 31 heavy (non-hydrogen) atoms. The number of amides is 1. The highest BCUT2D eigenvalue weighted by Crippen LogP contribution is 2.33. The summed E-state index contributed by atoms with van der Waals surface area (Å²) in [5.74, 6) is 0.961. The van der Waals surface area contributed by atoms with E-state index in [9.17, 15) is 18.0 Å². The maximum atomic E-state index is 12.9. The minimum Gasteiger partial charge on any atom is -0.497 e. The van der Waals surface area contributed by atoms with Crippen molar-refractivity contribution in [2.45, 2.75) is 12.1 Å². The maximum absolute atomic E-state index is 12.9. The Morgan fingerprint density at radius 3 is 2.39 bits per heavy atom. The van der Waals surface area contributed by atoms with Crippen LogP contribution in [0.25, 0.3) is 11.4 Å². The van der Waals surface area contributed by atoms with E-state index in [2.05, 4.69) is 10.1 Å². The molecule has 4 rings (SSSR count). The Labute approximate surface area is 175 Å². The molecule has 1 aromatic heterocycles. The lowest BCUT2D eigenvalue weighted by molar-refractivity contribution is -0.137. The van der Waals surface area contributed by atoms with Gasteiger partial charge >= 0.3 is 6.18 Å². The van der Waals surface area contributed by atoms with Crippen molar-refractivity contribution in [1.29, 1.82) is 0 Å². The van der Waals surface area contributed by atoms with Crippen molar-refractivity contribution in [2.24, 2.45) is 0 Å². The zero-order valence-electron chi connectivity index (χ0n) is 16.6. The molecule has 7 nitrogen and oxygen atoms in total. The fourth-order valence-corrected chi connectivity index (χ4v) is 3.27. The van der Waals surface area contributed by atoms with Gasteiger partial charge in [-0.25, -0.2) is 0 Å². The molecule has 1 fully saturated rings. The normalized spacial score (nSPS) is 14.3. The monoisotopic (exact) mass is 433 g/mol. The van der Waals surface area contributed by atoms with E-state index in [-0.39, 0.29) is 29.1 Å². The van der Waals surface area contributed by atoms with E-state index in [1.54, 1.807) is 23.1 Å². The van der Waals surface area contributed by atoms with Crippen LogP contribution in [0.3, 0.4) is 0 Å². The maximum Gasteiger partial charge on any atom is 0.416 e. The van der Waals surface area contributed by atoms with Gasteiger partial charge in [-0.2, -0.15) is 18.2 Å². The van der Waals surface area contributed by atoms with Gasteiger partial charge in [0.15, 0.2) is 0 Å². The average molecular weight is 433 g/mol. The number of alkyl halides is 3. The summed E-state index contributed by atoms with van der Waals surface area (Å²) >= 11 is 0. The van der Waals surface area contributed by atoms with Gasteiger partial charge in [-0.15, -0.1) is 0 Å². The van der Waals surface area contributed by atoms with Crippen molar-refractivity contribution < 1.29 is 32.0 Å². The summed E-state index contributed by atoms with van der Waals surface area (Å²) in [6.45, 7) is 0.700. The molecule has 3 aromatic rings. The smallest absolute Gasteiger partial charge is 0.416 e. The minimum atomic E-state index is -4.46. The number of hydrogen-bond acceptors (Lipinski definition) is 6. The molecule has 1 aliphatic rings. The van der Waals surface area contributed by atoms with Crippen molar-refractivity contribution in [3.63, 3.8) is 0 Å². The first kappa shape index (κ1) is 20.7. The van der Waals surface area contributed by atoms with E-state index in [0.29, 0.717) is 30.2 Å². The number of ether oxygens (including phenoxy) is 2. The van der Waals surface area contributed by atoms with Crippen molar-refractivity contribution >= 4 is 5.91 Å². The highest BCUT2D eigenvalue weighted by atomic mass is 19.4. The molecule has 0 spiro atoms. The lowest BCUT2D eigenvalue weighted by Crippen LogP contribution is -2.48. The number of benzene rings is 2. The average Bonchev–Trinajstić information content (AvgIpc) is 3.21. The van der Waals surface area contributed by atoms with Crippen molar-refractivity contribution in [3.8, 4) is 22.9 Å². The van der Waals surface area contributed by atoms with Gasteiger partial charge in [-0.1, -0.05) is 17.3 Å². The summed E-state index contributed by atoms with van der Waals surface area (Å²) in [6, 6.07) is 9.64. The molecule has 10 heteroatoms. The zero-order valence-corrected chi connectivity index (χ0v) is 16.6. The molecule has 1 saturated heterocycles. The molecule has 0 unspecified atom stereocenters. The molecule has 0 atom stereocenters. The third-order valence-electron chi connectivity index (χ3n) is 5.01. The molecule has 0 bridgehead atoms. The largest absolute Gasteiger partial charge is 0.497 e. The zero-order chi connectivity index (χ0) is 22.2. The molecule has 2 heterocycles. The first-order valence-corrected chi connectivity index (χ1v) is 9.32. The van der Waals surface area contributed by atoms with Crippen LogP contribution in [0.5, 0.6) is 11.5 Å². The Morgan fingerprint density at radius 1 is 1.10 bits per heavy atom. The second-order valence-corrected chi connectivity index (χ2v) is 7.04. The number of methoxy groups -OCH3 is 2. The van der Waals surface area contributed by atoms with Gasteiger partial charge < -0.3 is 18.9 Å². The van der Waals surface area contributed by atoms with Gasteiger partial charge in [0.1, 0.15) is 11.5 Å². The van der Waals surface area contributed by atoms with Crippen LogP contribution in [0.15, 0.2) is 47.0 Å². The number of rotatable bonds is 5. The Kier molecular flexibility index (Phi) is 5.30. The predicted octanol–water partition coefficient (Wildman–Crippen LogP) is 4.01. The summed E-state index contributed by atoms with van der Waals surface area (Å²) in [5, 5.41) is 3.80. The van der Waals surface area contributed by atoms with Crippen molar-refractivity contribution in [1.82, 2.24) is 15.0 Å². The van der Waals surface area contributed by atoms with Crippen LogP contribution in [0, 0.1) is 0 Å². The summed E-state index contributed by atoms with van der Waals surface area (Å²) in [6.07, 6.45) is -4.46. The van der Waals surface area contributed by atoms with Crippen molar-refractivity contribution in [3.05, 3.63) is 59.5 Å². The van der Waals surface area contributed by atoms with Gasteiger partial charge in [0.25, 0.3) is 5.91 Å². The highest BCUT2D eigenvalue weighted by Gasteiger charge is 2.36. The topological polar surface area (TPSA) is 77.7 Å². The Hall–Kier alpha value is -3.56. The third-order valence-corrected chi connectivity index (χ3v) is 5.01. The Bertz CT molecular complexity index is 1080. The molecule has 0 N–H and O–H groups in total. The molecule has 2 aromatic carbocycles. The van der Waals surface area contributed by atoms with Gasteiger partial charge in [-0.05, 0) is 24.3 Å². The fourth-order valence-electron chi connectivity index (χ4n) is 3.27. The minimum absolute atomic E-state index is 0.0726. The van der Waals surface area contributed by atoms with E-state index >= 15 is 0 Å².